The molecular formula is C12H24N2S. The Morgan fingerprint density at radius 3 is 3.00 bits per heavy atom. The highest BCUT2D eigenvalue weighted by Gasteiger charge is 2.30. The maximum Gasteiger partial charge on any atom is 0.0280 e. The van der Waals surface area contributed by atoms with Gasteiger partial charge >= 0.3 is 0 Å². The van der Waals surface area contributed by atoms with Gasteiger partial charge in [0.15, 0.2) is 0 Å². The summed E-state index contributed by atoms with van der Waals surface area (Å²) < 4.78 is 0. The van der Waals surface area contributed by atoms with E-state index in [1.807, 2.05) is 0 Å². The molecule has 2 aliphatic heterocycles. The first-order valence-electron chi connectivity index (χ1n) is 6.27. The number of nitrogens with zero attached hydrogens (tertiary/aromatic N) is 1. The van der Waals surface area contributed by atoms with Crippen LogP contribution in [0.25, 0.3) is 0 Å². The molecule has 0 aromatic heterocycles. The fraction of sp³-hybridized carbons (Fsp3) is 1.00. The summed E-state index contributed by atoms with van der Waals surface area (Å²) in [5, 5.41) is 4.53. The van der Waals surface area contributed by atoms with Gasteiger partial charge < -0.3 is 5.32 Å². The minimum absolute atomic E-state index is 0.389. The molecule has 2 heterocycles. The van der Waals surface area contributed by atoms with E-state index in [2.05, 4.69) is 35.8 Å². The molecule has 0 radical (unpaired) electrons. The van der Waals surface area contributed by atoms with Gasteiger partial charge in [0, 0.05) is 36.2 Å². The molecule has 0 aromatic rings. The third-order valence-electron chi connectivity index (χ3n) is 3.60. The Bertz CT molecular complexity index is 202. The molecule has 2 aliphatic rings. The number of nitrogens with one attached hydrogen (secondary N) is 1. The first kappa shape index (κ1) is 11.7. The molecule has 0 amide bonds. The van der Waals surface area contributed by atoms with Crippen molar-refractivity contribution >= 4 is 11.8 Å². The molecule has 15 heavy (non-hydrogen) atoms. The van der Waals surface area contributed by atoms with E-state index in [1.165, 1.54) is 51.2 Å². The van der Waals surface area contributed by atoms with Crippen molar-refractivity contribution in [2.75, 3.05) is 31.9 Å². The third-order valence-corrected chi connectivity index (χ3v) is 4.74. The highest BCUT2D eigenvalue weighted by atomic mass is 32.2. The monoisotopic (exact) mass is 228 g/mol. The van der Waals surface area contributed by atoms with E-state index in [1.54, 1.807) is 0 Å². The Hall–Kier alpha value is 0.270. The summed E-state index contributed by atoms with van der Waals surface area (Å²) in [5.74, 6) is 1.32. The van der Waals surface area contributed by atoms with Crippen LogP contribution in [-0.4, -0.2) is 47.6 Å². The summed E-state index contributed by atoms with van der Waals surface area (Å²) in [5.41, 5.74) is 0.389. The third kappa shape index (κ3) is 3.36. The van der Waals surface area contributed by atoms with E-state index in [0.717, 1.165) is 5.25 Å². The summed E-state index contributed by atoms with van der Waals surface area (Å²) in [6.07, 6.45) is 4.12. The average Bonchev–Trinajstić information content (AvgIpc) is 2.18. The van der Waals surface area contributed by atoms with E-state index in [9.17, 15) is 0 Å². The summed E-state index contributed by atoms with van der Waals surface area (Å²) in [6.45, 7) is 9.78. The minimum Gasteiger partial charge on any atom is -0.310 e. The van der Waals surface area contributed by atoms with Crippen molar-refractivity contribution < 1.29 is 0 Å². The number of hydrogen-bond acceptors (Lipinski definition) is 3. The zero-order chi connectivity index (χ0) is 10.7. The molecule has 1 N–H and O–H groups in total. The predicted molar refractivity (Wildman–Crippen MR) is 68.6 cm³/mol. The van der Waals surface area contributed by atoms with Crippen LogP contribution >= 0.6 is 11.8 Å². The van der Waals surface area contributed by atoms with Crippen molar-refractivity contribution in [2.24, 2.45) is 0 Å². The van der Waals surface area contributed by atoms with Gasteiger partial charge in [-0.3, -0.25) is 4.90 Å². The van der Waals surface area contributed by atoms with Crippen LogP contribution in [0.4, 0.5) is 0 Å². The molecule has 3 heteroatoms. The largest absolute Gasteiger partial charge is 0.310 e. The van der Waals surface area contributed by atoms with Gasteiger partial charge in [-0.1, -0.05) is 13.3 Å². The molecule has 2 atom stereocenters. The predicted octanol–water partition coefficient (Wildman–Crippen LogP) is 1.96. The summed E-state index contributed by atoms with van der Waals surface area (Å²) in [4.78, 5) is 2.65. The Kier molecular flexibility index (Phi) is 3.97. The van der Waals surface area contributed by atoms with E-state index >= 15 is 0 Å². The quantitative estimate of drug-likeness (QED) is 0.778. The van der Waals surface area contributed by atoms with Gasteiger partial charge in [-0.15, -0.1) is 0 Å². The van der Waals surface area contributed by atoms with E-state index in [4.69, 9.17) is 0 Å². The topological polar surface area (TPSA) is 15.3 Å². The number of hydrogen-bond donors (Lipinski definition) is 1. The molecule has 2 rings (SSSR count). The lowest BCUT2D eigenvalue weighted by Crippen LogP contribution is -2.55. The Morgan fingerprint density at radius 1 is 1.47 bits per heavy atom. The molecule has 0 aliphatic carbocycles. The van der Waals surface area contributed by atoms with Crippen LogP contribution in [0.2, 0.25) is 0 Å². The van der Waals surface area contributed by atoms with Crippen LogP contribution in [0.1, 0.15) is 33.1 Å². The van der Waals surface area contributed by atoms with Crippen LogP contribution in [0.15, 0.2) is 0 Å². The normalized spacial score (nSPS) is 39.2. The second-order valence-electron chi connectivity index (χ2n) is 5.36. The molecule has 0 aromatic carbocycles. The van der Waals surface area contributed by atoms with Gasteiger partial charge in [-0.2, -0.15) is 11.8 Å². The van der Waals surface area contributed by atoms with Crippen molar-refractivity contribution in [1.82, 2.24) is 10.2 Å². The minimum atomic E-state index is 0.389. The van der Waals surface area contributed by atoms with Crippen LogP contribution < -0.4 is 5.32 Å². The standard InChI is InChI=1S/C12H24N2S/c1-11-9-14(7-8-15-11)10-12(2)5-3-4-6-13-12/h11,13H,3-10H2,1-2H3. The van der Waals surface area contributed by atoms with Gasteiger partial charge in [-0.25, -0.2) is 0 Å². The Balaban J connectivity index is 1.83. The van der Waals surface area contributed by atoms with E-state index < -0.39 is 0 Å². The SMILES string of the molecule is CC1CN(CC2(C)CCCCN2)CCS1. The number of rotatable bonds is 2. The molecule has 0 spiro atoms. The lowest BCUT2D eigenvalue weighted by atomic mass is 9.90. The fourth-order valence-corrected chi connectivity index (χ4v) is 3.86. The van der Waals surface area contributed by atoms with Crippen LogP contribution in [0, 0.1) is 0 Å². The Morgan fingerprint density at radius 2 is 2.33 bits per heavy atom. The molecule has 2 unspecified atom stereocenters. The Labute approximate surface area is 98.2 Å². The lowest BCUT2D eigenvalue weighted by molar-refractivity contribution is 0.168. The van der Waals surface area contributed by atoms with Crippen molar-refractivity contribution in [3.63, 3.8) is 0 Å². The lowest BCUT2D eigenvalue weighted by Gasteiger charge is -2.41. The van der Waals surface area contributed by atoms with Gasteiger partial charge in [0.2, 0.25) is 0 Å². The van der Waals surface area contributed by atoms with Crippen molar-refractivity contribution in [3.05, 3.63) is 0 Å². The molecule has 0 saturated carbocycles. The molecule has 0 bridgehead atoms. The first-order valence-corrected chi connectivity index (χ1v) is 7.32. The van der Waals surface area contributed by atoms with Gasteiger partial charge in [-0.05, 0) is 26.3 Å². The van der Waals surface area contributed by atoms with Crippen LogP contribution in [0.5, 0.6) is 0 Å². The van der Waals surface area contributed by atoms with Gasteiger partial charge in [0.05, 0.1) is 0 Å². The van der Waals surface area contributed by atoms with Crippen molar-refractivity contribution in [1.29, 1.82) is 0 Å². The number of thioether (sulfide) groups is 1. The molecule has 2 saturated heterocycles. The summed E-state index contributed by atoms with van der Waals surface area (Å²) >= 11 is 2.12. The van der Waals surface area contributed by atoms with E-state index in [0.29, 0.717) is 5.54 Å². The smallest absolute Gasteiger partial charge is 0.0280 e. The van der Waals surface area contributed by atoms with Crippen molar-refractivity contribution in [2.45, 2.75) is 43.9 Å². The highest BCUT2D eigenvalue weighted by molar-refractivity contribution is 7.99. The summed E-state index contributed by atoms with van der Waals surface area (Å²) in [6, 6.07) is 0. The highest BCUT2D eigenvalue weighted by Crippen LogP contribution is 2.23. The molecule has 88 valence electrons. The molecule has 2 nitrogen and oxygen atoms in total. The van der Waals surface area contributed by atoms with Gasteiger partial charge in [0.25, 0.3) is 0 Å². The fourth-order valence-electron chi connectivity index (χ4n) is 2.78. The maximum absolute atomic E-state index is 3.71. The van der Waals surface area contributed by atoms with Crippen molar-refractivity contribution in [3.8, 4) is 0 Å². The second kappa shape index (κ2) is 5.07. The first-order chi connectivity index (χ1) is 7.18. The number of piperidine rings is 1. The summed E-state index contributed by atoms with van der Waals surface area (Å²) in [7, 11) is 0. The zero-order valence-corrected chi connectivity index (χ0v) is 10.9. The van der Waals surface area contributed by atoms with E-state index in [-0.39, 0.29) is 0 Å². The van der Waals surface area contributed by atoms with Gasteiger partial charge in [0.1, 0.15) is 0 Å². The zero-order valence-electron chi connectivity index (χ0n) is 10.1. The average molecular weight is 228 g/mol. The van der Waals surface area contributed by atoms with Crippen LogP contribution in [0.3, 0.4) is 0 Å². The maximum atomic E-state index is 3.71. The molecular weight excluding hydrogens is 204 g/mol. The van der Waals surface area contributed by atoms with Crippen LogP contribution in [-0.2, 0) is 0 Å². The second-order valence-corrected chi connectivity index (χ2v) is 6.91. The molecule has 2 fully saturated rings.